The molecule has 1 amide bonds. The maximum absolute atomic E-state index is 12.9. The van der Waals surface area contributed by atoms with Gasteiger partial charge in [0.15, 0.2) is 5.13 Å². The van der Waals surface area contributed by atoms with Crippen molar-refractivity contribution in [3.63, 3.8) is 0 Å². The molecule has 4 aromatic rings. The molecule has 2 aromatic carbocycles. The van der Waals surface area contributed by atoms with E-state index in [1.165, 1.54) is 23.5 Å². The van der Waals surface area contributed by atoms with E-state index in [0.29, 0.717) is 45.3 Å². The largest absolute Gasteiger partial charge is 0.393 e. The van der Waals surface area contributed by atoms with Gasteiger partial charge in [0.05, 0.1) is 27.4 Å². The standard InChI is InChI=1S/C21H21F2N5O2S/c1-11(29)7-8-24-19(30)13-4-6-16-15(9-13)25-20(28(16)2)27-21-26-14-5-3-12(18(22)23)10-17(14)31-21/h3-6,9-11,18,29H,7-8H2,1-2H3,(H,24,30)(H,25,26,27). The van der Waals surface area contributed by atoms with Gasteiger partial charge in [-0.1, -0.05) is 17.4 Å². The third kappa shape index (κ3) is 4.49. The highest BCUT2D eigenvalue weighted by atomic mass is 32.1. The smallest absolute Gasteiger partial charge is 0.263 e. The topological polar surface area (TPSA) is 92.1 Å². The lowest BCUT2D eigenvalue weighted by Gasteiger charge is -2.07. The van der Waals surface area contributed by atoms with Crippen LogP contribution in [-0.2, 0) is 7.05 Å². The number of aliphatic hydroxyl groups excluding tert-OH is 1. The second-order valence-corrected chi connectivity index (χ2v) is 8.29. The van der Waals surface area contributed by atoms with E-state index in [0.717, 1.165) is 5.52 Å². The second kappa shape index (κ2) is 8.56. The molecule has 31 heavy (non-hydrogen) atoms. The molecule has 1 atom stereocenters. The fraction of sp³-hybridized carbons (Fsp3) is 0.286. The second-order valence-electron chi connectivity index (χ2n) is 7.26. The van der Waals surface area contributed by atoms with Crippen LogP contribution in [0.2, 0.25) is 0 Å². The Morgan fingerprint density at radius 1 is 1.19 bits per heavy atom. The van der Waals surface area contributed by atoms with E-state index < -0.39 is 12.5 Å². The molecule has 0 fully saturated rings. The zero-order chi connectivity index (χ0) is 22.1. The molecule has 4 rings (SSSR count). The Labute approximate surface area is 180 Å². The molecule has 2 aromatic heterocycles. The van der Waals surface area contributed by atoms with Gasteiger partial charge in [0.2, 0.25) is 5.95 Å². The van der Waals surface area contributed by atoms with Crippen molar-refractivity contribution < 1.29 is 18.7 Å². The van der Waals surface area contributed by atoms with Crippen molar-refractivity contribution in [2.45, 2.75) is 25.9 Å². The number of alkyl halides is 2. The summed E-state index contributed by atoms with van der Waals surface area (Å²) < 4.78 is 28.4. The summed E-state index contributed by atoms with van der Waals surface area (Å²) in [5, 5.41) is 15.8. The highest BCUT2D eigenvalue weighted by molar-refractivity contribution is 7.22. The maximum atomic E-state index is 12.9. The molecule has 3 N–H and O–H groups in total. The van der Waals surface area contributed by atoms with Crippen LogP contribution in [0.5, 0.6) is 0 Å². The first-order valence-electron chi connectivity index (χ1n) is 9.70. The van der Waals surface area contributed by atoms with Crippen LogP contribution in [0.1, 0.15) is 35.7 Å². The van der Waals surface area contributed by atoms with Crippen molar-refractivity contribution in [1.29, 1.82) is 0 Å². The van der Waals surface area contributed by atoms with Crippen molar-refractivity contribution in [2.24, 2.45) is 7.05 Å². The molecule has 1 unspecified atom stereocenters. The van der Waals surface area contributed by atoms with Gasteiger partial charge in [-0.05, 0) is 43.7 Å². The molecule has 10 heteroatoms. The molecule has 0 saturated heterocycles. The van der Waals surface area contributed by atoms with Crippen LogP contribution in [0, 0.1) is 0 Å². The number of carbonyl (C=O) groups is 1. The minimum absolute atomic E-state index is 0.0373. The van der Waals surface area contributed by atoms with Crippen LogP contribution in [0.15, 0.2) is 36.4 Å². The summed E-state index contributed by atoms with van der Waals surface area (Å²) in [5.41, 5.74) is 2.53. The van der Waals surface area contributed by atoms with Crippen molar-refractivity contribution in [3.05, 3.63) is 47.5 Å². The predicted octanol–water partition coefficient (Wildman–Crippen LogP) is 4.36. The number of hydrogen-bond donors (Lipinski definition) is 3. The van der Waals surface area contributed by atoms with Crippen LogP contribution in [-0.4, -0.2) is 38.2 Å². The van der Waals surface area contributed by atoms with E-state index in [1.54, 1.807) is 25.1 Å². The van der Waals surface area contributed by atoms with Crippen LogP contribution in [0.25, 0.3) is 21.3 Å². The fourth-order valence-electron chi connectivity index (χ4n) is 3.18. The number of hydrogen-bond acceptors (Lipinski definition) is 6. The molecule has 0 radical (unpaired) electrons. The Balaban J connectivity index is 1.56. The van der Waals surface area contributed by atoms with Crippen LogP contribution < -0.4 is 10.6 Å². The first kappa shape index (κ1) is 21.1. The molecule has 0 aliphatic carbocycles. The number of anilines is 2. The lowest BCUT2D eigenvalue weighted by atomic mass is 10.2. The summed E-state index contributed by atoms with van der Waals surface area (Å²) in [6, 6.07) is 9.63. The minimum Gasteiger partial charge on any atom is -0.393 e. The lowest BCUT2D eigenvalue weighted by molar-refractivity contribution is 0.0945. The molecule has 7 nitrogen and oxygen atoms in total. The average Bonchev–Trinajstić information content (AvgIpc) is 3.27. The monoisotopic (exact) mass is 445 g/mol. The van der Waals surface area contributed by atoms with Gasteiger partial charge in [-0.2, -0.15) is 0 Å². The summed E-state index contributed by atoms with van der Waals surface area (Å²) in [4.78, 5) is 21.3. The van der Waals surface area contributed by atoms with E-state index in [4.69, 9.17) is 0 Å². The Bertz CT molecular complexity index is 1250. The predicted molar refractivity (Wildman–Crippen MR) is 117 cm³/mol. The number of imidazole rings is 1. The summed E-state index contributed by atoms with van der Waals surface area (Å²) in [7, 11) is 1.84. The van der Waals surface area contributed by atoms with E-state index in [-0.39, 0.29) is 11.5 Å². The minimum atomic E-state index is -2.53. The first-order valence-corrected chi connectivity index (χ1v) is 10.5. The number of thiazole rings is 1. The number of halogens is 2. The number of aryl methyl sites for hydroxylation is 1. The number of nitrogens with one attached hydrogen (secondary N) is 2. The molecular weight excluding hydrogens is 424 g/mol. The number of rotatable bonds is 7. The van der Waals surface area contributed by atoms with Gasteiger partial charge >= 0.3 is 0 Å². The fourth-order valence-corrected chi connectivity index (χ4v) is 4.08. The number of nitrogens with zero attached hydrogens (tertiary/aromatic N) is 3. The third-order valence-electron chi connectivity index (χ3n) is 4.87. The SMILES string of the molecule is CC(O)CCNC(=O)c1ccc2c(c1)nc(Nc1nc3ccc(C(F)F)cc3s1)n2C. The van der Waals surface area contributed by atoms with Gasteiger partial charge in [0, 0.05) is 24.7 Å². The first-order chi connectivity index (χ1) is 14.8. The maximum Gasteiger partial charge on any atom is 0.263 e. The van der Waals surface area contributed by atoms with Crippen molar-refractivity contribution in [1.82, 2.24) is 19.9 Å². The average molecular weight is 445 g/mol. The van der Waals surface area contributed by atoms with E-state index in [9.17, 15) is 18.7 Å². The molecule has 0 spiro atoms. The van der Waals surface area contributed by atoms with Crippen LogP contribution in [0.3, 0.4) is 0 Å². The zero-order valence-electron chi connectivity index (χ0n) is 16.9. The number of aromatic nitrogens is 3. The van der Waals surface area contributed by atoms with Gasteiger partial charge < -0.3 is 20.3 Å². The lowest BCUT2D eigenvalue weighted by Crippen LogP contribution is -2.26. The molecule has 0 bridgehead atoms. The normalized spacial score (nSPS) is 12.6. The van der Waals surface area contributed by atoms with Gasteiger partial charge in [-0.25, -0.2) is 18.7 Å². The van der Waals surface area contributed by atoms with Gasteiger partial charge in [0.1, 0.15) is 0 Å². The van der Waals surface area contributed by atoms with Crippen LogP contribution in [0.4, 0.5) is 19.9 Å². The summed E-state index contributed by atoms with van der Waals surface area (Å²) >= 11 is 1.27. The molecule has 0 aliphatic rings. The molecule has 2 heterocycles. The summed E-state index contributed by atoms with van der Waals surface area (Å²) in [6.07, 6.45) is -2.52. The van der Waals surface area contributed by atoms with Crippen molar-refractivity contribution >= 4 is 49.6 Å². The third-order valence-corrected chi connectivity index (χ3v) is 5.81. The summed E-state index contributed by atoms with van der Waals surface area (Å²) in [6.45, 7) is 2.05. The number of benzene rings is 2. The highest BCUT2D eigenvalue weighted by Crippen LogP contribution is 2.32. The molecule has 0 aliphatic heterocycles. The van der Waals surface area contributed by atoms with E-state index in [1.807, 2.05) is 17.7 Å². The number of amides is 1. The number of fused-ring (bicyclic) bond motifs is 2. The molecule has 162 valence electrons. The Kier molecular flexibility index (Phi) is 5.84. The number of aliphatic hydroxyl groups is 1. The van der Waals surface area contributed by atoms with Crippen molar-refractivity contribution in [3.8, 4) is 0 Å². The summed E-state index contributed by atoms with van der Waals surface area (Å²) in [5.74, 6) is 0.290. The van der Waals surface area contributed by atoms with E-state index >= 15 is 0 Å². The highest BCUT2D eigenvalue weighted by Gasteiger charge is 2.15. The van der Waals surface area contributed by atoms with Gasteiger partial charge in [-0.15, -0.1) is 0 Å². The Morgan fingerprint density at radius 3 is 2.74 bits per heavy atom. The molecule has 0 saturated carbocycles. The van der Waals surface area contributed by atoms with Gasteiger partial charge in [0.25, 0.3) is 12.3 Å². The Morgan fingerprint density at radius 2 is 2.00 bits per heavy atom. The zero-order valence-corrected chi connectivity index (χ0v) is 17.7. The van der Waals surface area contributed by atoms with Crippen molar-refractivity contribution in [2.75, 3.05) is 11.9 Å². The van der Waals surface area contributed by atoms with Crippen LogP contribution >= 0.6 is 11.3 Å². The van der Waals surface area contributed by atoms with Gasteiger partial charge in [-0.3, -0.25) is 4.79 Å². The quantitative estimate of drug-likeness (QED) is 0.393. The number of carbonyl (C=O) groups excluding carboxylic acids is 1. The molecular formula is C21H21F2N5O2S. The van der Waals surface area contributed by atoms with E-state index in [2.05, 4.69) is 20.6 Å². The Hall–Kier alpha value is -3.11.